The average Bonchev–Trinajstić information content (AvgIpc) is 2.68. The molecule has 1 N–H and O–H groups in total. The van der Waals surface area contributed by atoms with Gasteiger partial charge in [0.2, 0.25) is 11.6 Å². The van der Waals surface area contributed by atoms with Crippen molar-refractivity contribution in [1.82, 2.24) is 19.7 Å². The van der Waals surface area contributed by atoms with Gasteiger partial charge in [-0.2, -0.15) is 5.10 Å². The van der Waals surface area contributed by atoms with Crippen LogP contribution < -0.4 is 5.32 Å². The van der Waals surface area contributed by atoms with E-state index in [2.05, 4.69) is 20.4 Å². The second kappa shape index (κ2) is 4.57. The Morgan fingerprint density at radius 3 is 2.72 bits per heavy atom. The van der Waals surface area contributed by atoms with Crippen LogP contribution in [0.1, 0.15) is 5.69 Å². The maximum Gasteiger partial charge on any atom is 0.355 e. The molecule has 0 fully saturated rings. The Morgan fingerprint density at radius 2 is 2.22 bits per heavy atom. The lowest BCUT2D eigenvalue weighted by atomic mass is 10.4. The number of anilines is 1. The summed E-state index contributed by atoms with van der Waals surface area (Å²) in [5.74, 6) is 0.184. The third-order valence-corrected chi connectivity index (χ3v) is 2.65. The lowest BCUT2D eigenvalue weighted by Gasteiger charge is -2.04. The highest BCUT2D eigenvalue weighted by Gasteiger charge is 2.24. The first-order valence-electron chi connectivity index (χ1n) is 4.94. The Morgan fingerprint density at radius 1 is 1.50 bits per heavy atom. The summed E-state index contributed by atoms with van der Waals surface area (Å²) in [6, 6.07) is 0. The van der Waals surface area contributed by atoms with Crippen LogP contribution in [0.15, 0.2) is 12.5 Å². The highest BCUT2D eigenvalue weighted by molar-refractivity contribution is 6.31. The van der Waals surface area contributed by atoms with Gasteiger partial charge in [-0.1, -0.05) is 11.6 Å². The van der Waals surface area contributed by atoms with Gasteiger partial charge in [0.05, 0.1) is 21.8 Å². The molecule has 0 radical (unpaired) electrons. The zero-order chi connectivity index (χ0) is 13.3. The van der Waals surface area contributed by atoms with Gasteiger partial charge < -0.3 is 5.32 Å². The van der Waals surface area contributed by atoms with Gasteiger partial charge in [-0.3, -0.25) is 10.1 Å². The van der Waals surface area contributed by atoms with Gasteiger partial charge in [0.1, 0.15) is 6.33 Å². The summed E-state index contributed by atoms with van der Waals surface area (Å²) >= 11 is 5.87. The van der Waals surface area contributed by atoms with Crippen LogP contribution in [0.3, 0.4) is 0 Å². The van der Waals surface area contributed by atoms with Crippen molar-refractivity contribution in [2.75, 3.05) is 12.4 Å². The van der Waals surface area contributed by atoms with Gasteiger partial charge in [0, 0.05) is 7.05 Å². The first kappa shape index (κ1) is 12.2. The minimum atomic E-state index is -0.563. The number of hydrogen-bond donors (Lipinski definition) is 1. The van der Waals surface area contributed by atoms with Crippen LogP contribution in [-0.2, 0) is 0 Å². The van der Waals surface area contributed by atoms with Crippen LogP contribution in [0.5, 0.6) is 0 Å². The summed E-state index contributed by atoms with van der Waals surface area (Å²) in [5.41, 5.74) is 0.315. The fourth-order valence-electron chi connectivity index (χ4n) is 1.44. The summed E-state index contributed by atoms with van der Waals surface area (Å²) < 4.78 is 1.26. The summed E-state index contributed by atoms with van der Waals surface area (Å²) in [5, 5.41) is 18.2. The molecule has 0 bridgehead atoms. The van der Waals surface area contributed by atoms with Crippen LogP contribution in [-0.4, -0.2) is 31.7 Å². The number of aromatic nitrogens is 4. The SMILES string of the molecule is CNc1ncnc(-n2cc(Cl)c(C)n2)c1[N+](=O)[O-]. The van der Waals surface area contributed by atoms with Crippen molar-refractivity contribution in [3.05, 3.63) is 33.4 Å². The number of hydrogen-bond acceptors (Lipinski definition) is 6. The topological polar surface area (TPSA) is 98.8 Å². The van der Waals surface area contributed by atoms with E-state index in [-0.39, 0.29) is 17.3 Å². The first-order valence-corrected chi connectivity index (χ1v) is 5.31. The molecular formula is C9H9ClN6O2. The van der Waals surface area contributed by atoms with Crippen LogP contribution in [0.25, 0.3) is 5.82 Å². The number of halogens is 1. The lowest BCUT2D eigenvalue weighted by Crippen LogP contribution is -2.08. The van der Waals surface area contributed by atoms with Crippen LogP contribution >= 0.6 is 11.6 Å². The van der Waals surface area contributed by atoms with Crippen molar-refractivity contribution in [1.29, 1.82) is 0 Å². The number of nitro groups is 1. The molecule has 0 aromatic carbocycles. The molecule has 94 valence electrons. The lowest BCUT2D eigenvalue weighted by molar-refractivity contribution is -0.384. The first-order chi connectivity index (χ1) is 8.54. The van der Waals surface area contributed by atoms with Gasteiger partial charge in [-0.05, 0) is 6.92 Å². The molecule has 0 aliphatic carbocycles. The third-order valence-electron chi connectivity index (χ3n) is 2.28. The molecule has 8 nitrogen and oxygen atoms in total. The summed E-state index contributed by atoms with van der Waals surface area (Å²) in [6.45, 7) is 1.70. The average molecular weight is 269 g/mol. The molecule has 2 heterocycles. The Bertz CT molecular complexity index is 592. The van der Waals surface area contributed by atoms with E-state index < -0.39 is 4.92 Å². The second-order valence-corrected chi connectivity index (χ2v) is 3.82. The van der Waals surface area contributed by atoms with Crippen LogP contribution in [0.4, 0.5) is 11.5 Å². The molecule has 0 unspecified atom stereocenters. The minimum absolute atomic E-state index is 0.0642. The molecule has 0 atom stereocenters. The van der Waals surface area contributed by atoms with E-state index in [9.17, 15) is 10.1 Å². The molecule has 2 aromatic heterocycles. The van der Waals surface area contributed by atoms with Crippen LogP contribution in [0.2, 0.25) is 5.02 Å². The van der Waals surface area contributed by atoms with E-state index in [4.69, 9.17) is 11.6 Å². The predicted octanol–water partition coefficient (Wildman–Crippen LogP) is 1.57. The van der Waals surface area contributed by atoms with Crippen molar-refractivity contribution >= 4 is 23.1 Å². The quantitative estimate of drug-likeness (QED) is 0.670. The fourth-order valence-corrected chi connectivity index (χ4v) is 1.57. The van der Waals surface area contributed by atoms with Gasteiger partial charge in [-0.25, -0.2) is 14.6 Å². The summed E-state index contributed by atoms with van der Waals surface area (Å²) in [6.07, 6.45) is 2.69. The van der Waals surface area contributed by atoms with Gasteiger partial charge >= 0.3 is 5.69 Å². The highest BCUT2D eigenvalue weighted by Crippen LogP contribution is 2.28. The monoisotopic (exact) mass is 268 g/mol. The number of aryl methyl sites for hydroxylation is 1. The van der Waals surface area contributed by atoms with E-state index >= 15 is 0 Å². The maximum absolute atomic E-state index is 11.1. The van der Waals surface area contributed by atoms with Crippen molar-refractivity contribution in [3.8, 4) is 5.82 Å². The van der Waals surface area contributed by atoms with E-state index in [0.717, 1.165) is 0 Å². The molecule has 18 heavy (non-hydrogen) atoms. The zero-order valence-corrected chi connectivity index (χ0v) is 10.3. The van der Waals surface area contributed by atoms with Crippen molar-refractivity contribution in [2.24, 2.45) is 0 Å². The predicted molar refractivity (Wildman–Crippen MR) is 65.1 cm³/mol. The molecular weight excluding hydrogens is 260 g/mol. The molecule has 0 aliphatic rings. The van der Waals surface area contributed by atoms with E-state index in [1.54, 1.807) is 14.0 Å². The zero-order valence-electron chi connectivity index (χ0n) is 9.59. The molecule has 0 saturated heterocycles. The van der Waals surface area contributed by atoms with Crippen molar-refractivity contribution in [2.45, 2.75) is 6.92 Å². The largest absolute Gasteiger partial charge is 0.367 e. The van der Waals surface area contributed by atoms with Gasteiger partial charge in [0.25, 0.3) is 0 Å². The minimum Gasteiger partial charge on any atom is -0.367 e. The van der Waals surface area contributed by atoms with E-state index in [1.807, 2.05) is 0 Å². The summed E-state index contributed by atoms with van der Waals surface area (Å²) in [4.78, 5) is 18.2. The molecule has 0 spiro atoms. The van der Waals surface area contributed by atoms with Gasteiger partial charge in [-0.15, -0.1) is 0 Å². The highest BCUT2D eigenvalue weighted by atomic mass is 35.5. The maximum atomic E-state index is 11.1. The Kier molecular flexibility index (Phi) is 3.11. The Balaban J connectivity index is 2.67. The molecule has 9 heteroatoms. The number of nitrogens with one attached hydrogen (secondary N) is 1. The normalized spacial score (nSPS) is 10.4. The number of rotatable bonds is 3. The Hall–Kier alpha value is -2.22. The Labute approximate surface area is 107 Å². The molecule has 0 aliphatic heterocycles. The third kappa shape index (κ3) is 1.97. The smallest absolute Gasteiger partial charge is 0.355 e. The van der Waals surface area contributed by atoms with Crippen molar-refractivity contribution < 1.29 is 4.92 Å². The van der Waals surface area contributed by atoms with Crippen molar-refractivity contribution in [3.63, 3.8) is 0 Å². The molecule has 2 aromatic rings. The number of nitrogens with zero attached hydrogens (tertiary/aromatic N) is 5. The van der Waals surface area contributed by atoms with E-state index in [1.165, 1.54) is 17.2 Å². The molecule has 0 amide bonds. The van der Waals surface area contributed by atoms with Crippen LogP contribution in [0, 0.1) is 17.0 Å². The fraction of sp³-hybridized carbons (Fsp3) is 0.222. The summed E-state index contributed by atoms with van der Waals surface area (Å²) in [7, 11) is 1.54. The van der Waals surface area contributed by atoms with E-state index in [0.29, 0.717) is 10.7 Å². The standard InChI is InChI=1S/C9H9ClN6O2/c1-5-6(10)3-15(14-5)9-7(16(17)18)8(11-2)12-4-13-9/h3-4H,1-2H3,(H,11,12,13). The molecule has 0 saturated carbocycles. The molecule has 2 rings (SSSR count). The van der Waals surface area contributed by atoms with Gasteiger partial charge in [0.15, 0.2) is 0 Å². The second-order valence-electron chi connectivity index (χ2n) is 3.41.